The molecule has 0 aromatic carbocycles. The van der Waals surface area contributed by atoms with Gasteiger partial charge in [-0.25, -0.2) is 0 Å². The van der Waals surface area contributed by atoms with E-state index < -0.39 is 30.8 Å². The number of halogens is 3. The van der Waals surface area contributed by atoms with Crippen molar-refractivity contribution in [3.05, 3.63) is 0 Å². The summed E-state index contributed by atoms with van der Waals surface area (Å²) < 4.78 is 35.8. The molecule has 1 aliphatic rings. The highest BCUT2D eigenvalue weighted by Crippen LogP contribution is 2.19. The Morgan fingerprint density at radius 2 is 2.24 bits per heavy atom. The Hall–Kier alpha value is -1.35. The van der Waals surface area contributed by atoms with Gasteiger partial charge in [0.1, 0.15) is 6.04 Å². The van der Waals surface area contributed by atoms with Crippen LogP contribution in [0, 0.1) is 0 Å². The Bertz CT molecular complexity index is 298. The highest BCUT2D eigenvalue weighted by molar-refractivity contribution is 5.86. The third-order valence-electron chi connectivity index (χ3n) is 2.18. The second-order valence-electron chi connectivity index (χ2n) is 3.54. The summed E-state index contributed by atoms with van der Waals surface area (Å²) in [6.07, 6.45) is -7.36. The molecule has 2 amide bonds. The fourth-order valence-corrected chi connectivity index (χ4v) is 1.19. The van der Waals surface area contributed by atoms with Crippen LogP contribution in [0.25, 0.3) is 0 Å². The quantitative estimate of drug-likeness (QED) is 0.475. The van der Waals surface area contributed by atoms with Gasteiger partial charge in [-0.1, -0.05) is 0 Å². The van der Waals surface area contributed by atoms with Crippen LogP contribution in [-0.2, 0) is 9.59 Å². The van der Waals surface area contributed by atoms with Gasteiger partial charge in [-0.3, -0.25) is 14.9 Å². The van der Waals surface area contributed by atoms with Crippen LogP contribution < -0.4 is 16.0 Å². The summed E-state index contributed by atoms with van der Waals surface area (Å²) in [5.41, 5.74) is 0. The molecule has 6 nitrogen and oxygen atoms in total. The molecule has 98 valence electrons. The predicted octanol–water partition coefficient (Wildman–Crippen LogP) is -1.89. The molecule has 1 rings (SSSR count). The molecule has 0 aromatic heterocycles. The highest BCUT2D eigenvalue weighted by atomic mass is 19.4. The fourth-order valence-electron chi connectivity index (χ4n) is 1.19. The maximum atomic E-state index is 11.9. The first kappa shape index (κ1) is 13.7. The molecule has 17 heavy (non-hydrogen) atoms. The molecular formula is C8H12F3N3O3. The monoisotopic (exact) mass is 255 g/mol. The van der Waals surface area contributed by atoms with Crippen molar-refractivity contribution in [2.24, 2.45) is 0 Å². The number of hydrogen-bond acceptors (Lipinski definition) is 4. The minimum Gasteiger partial charge on any atom is -0.382 e. The molecular weight excluding hydrogens is 243 g/mol. The Labute approximate surface area is 94.6 Å². The molecule has 0 aliphatic carbocycles. The zero-order valence-electron chi connectivity index (χ0n) is 8.67. The van der Waals surface area contributed by atoms with E-state index in [1.165, 1.54) is 0 Å². The number of aliphatic hydroxyl groups excluding tert-OH is 1. The van der Waals surface area contributed by atoms with E-state index in [0.717, 1.165) is 0 Å². The second kappa shape index (κ2) is 5.32. The first-order chi connectivity index (χ1) is 7.80. The summed E-state index contributed by atoms with van der Waals surface area (Å²) >= 11 is 0. The van der Waals surface area contributed by atoms with Crippen LogP contribution in [-0.4, -0.2) is 54.9 Å². The predicted molar refractivity (Wildman–Crippen MR) is 49.9 cm³/mol. The van der Waals surface area contributed by atoms with Crippen molar-refractivity contribution >= 4 is 11.8 Å². The lowest BCUT2D eigenvalue weighted by atomic mass is 10.2. The van der Waals surface area contributed by atoms with Gasteiger partial charge in [-0.05, 0) is 0 Å². The molecule has 0 spiro atoms. The first-order valence-electron chi connectivity index (χ1n) is 4.83. The van der Waals surface area contributed by atoms with Gasteiger partial charge >= 0.3 is 6.18 Å². The lowest BCUT2D eigenvalue weighted by Gasteiger charge is -2.24. The second-order valence-corrected chi connectivity index (χ2v) is 3.54. The van der Waals surface area contributed by atoms with Crippen LogP contribution in [0.1, 0.15) is 0 Å². The van der Waals surface area contributed by atoms with Gasteiger partial charge in [0.25, 0.3) is 0 Å². The Kier molecular flexibility index (Phi) is 4.29. The standard InChI is InChI=1S/C8H12F3N3O3/c9-8(10,11)5(15)2-14-7(17)4-1-13-6(16)3-12-4/h4-5,12,15H,1-3H2,(H,13,16)(H,14,17). The molecule has 1 saturated heterocycles. The van der Waals surface area contributed by atoms with Gasteiger partial charge in [-0.15, -0.1) is 0 Å². The number of nitrogens with one attached hydrogen (secondary N) is 3. The van der Waals surface area contributed by atoms with Crippen LogP contribution in [0.5, 0.6) is 0 Å². The average Bonchev–Trinajstić information content (AvgIpc) is 2.25. The molecule has 1 fully saturated rings. The van der Waals surface area contributed by atoms with Crippen molar-refractivity contribution in [1.82, 2.24) is 16.0 Å². The van der Waals surface area contributed by atoms with Gasteiger partial charge in [0.2, 0.25) is 11.8 Å². The number of aliphatic hydroxyl groups is 1. The average molecular weight is 255 g/mol. The fraction of sp³-hybridized carbons (Fsp3) is 0.750. The molecule has 0 bridgehead atoms. The first-order valence-corrected chi connectivity index (χ1v) is 4.83. The summed E-state index contributed by atoms with van der Waals surface area (Å²) in [6.45, 7) is -0.971. The van der Waals surface area contributed by atoms with Crippen molar-refractivity contribution in [2.75, 3.05) is 19.6 Å². The molecule has 2 unspecified atom stereocenters. The van der Waals surface area contributed by atoms with E-state index in [0.29, 0.717) is 0 Å². The van der Waals surface area contributed by atoms with E-state index in [-0.39, 0.29) is 19.0 Å². The minimum absolute atomic E-state index is 0.00673. The third kappa shape index (κ3) is 4.19. The summed E-state index contributed by atoms with van der Waals surface area (Å²) in [7, 11) is 0. The van der Waals surface area contributed by atoms with Crippen molar-refractivity contribution < 1.29 is 27.9 Å². The number of rotatable bonds is 3. The topological polar surface area (TPSA) is 90.5 Å². The number of alkyl halides is 3. The van der Waals surface area contributed by atoms with E-state index in [2.05, 4.69) is 10.6 Å². The van der Waals surface area contributed by atoms with Crippen molar-refractivity contribution in [1.29, 1.82) is 0 Å². The molecule has 0 saturated carbocycles. The van der Waals surface area contributed by atoms with Crippen molar-refractivity contribution in [3.63, 3.8) is 0 Å². The lowest BCUT2D eigenvalue weighted by Crippen LogP contribution is -2.58. The highest BCUT2D eigenvalue weighted by Gasteiger charge is 2.38. The molecule has 9 heteroatoms. The number of amides is 2. The van der Waals surface area contributed by atoms with Crippen molar-refractivity contribution in [2.45, 2.75) is 18.3 Å². The number of piperazine rings is 1. The van der Waals surface area contributed by atoms with E-state index in [4.69, 9.17) is 5.11 Å². The number of hydrogen-bond donors (Lipinski definition) is 4. The molecule has 4 N–H and O–H groups in total. The molecule has 1 heterocycles. The Morgan fingerprint density at radius 1 is 1.59 bits per heavy atom. The minimum atomic E-state index is -4.76. The third-order valence-corrected chi connectivity index (χ3v) is 2.18. The van der Waals surface area contributed by atoms with E-state index in [1.54, 1.807) is 0 Å². The van der Waals surface area contributed by atoms with Gasteiger partial charge in [0.15, 0.2) is 6.10 Å². The maximum Gasteiger partial charge on any atom is 0.416 e. The normalized spacial score (nSPS) is 22.8. The van der Waals surface area contributed by atoms with Crippen molar-refractivity contribution in [3.8, 4) is 0 Å². The van der Waals surface area contributed by atoms with Crippen LogP contribution in [0.3, 0.4) is 0 Å². The zero-order valence-corrected chi connectivity index (χ0v) is 8.67. The van der Waals surface area contributed by atoms with E-state index in [1.807, 2.05) is 5.32 Å². The van der Waals surface area contributed by atoms with Gasteiger partial charge in [0.05, 0.1) is 13.1 Å². The molecule has 0 aromatic rings. The largest absolute Gasteiger partial charge is 0.416 e. The summed E-state index contributed by atoms with van der Waals surface area (Å²) in [5.74, 6) is -0.988. The molecule has 2 atom stereocenters. The maximum absolute atomic E-state index is 11.9. The van der Waals surface area contributed by atoms with Crippen LogP contribution in [0.2, 0.25) is 0 Å². The summed E-state index contributed by atoms with van der Waals surface area (Å²) in [6, 6.07) is -0.784. The van der Waals surface area contributed by atoms with Gasteiger partial charge in [-0.2, -0.15) is 13.2 Å². The van der Waals surface area contributed by atoms with Gasteiger partial charge < -0.3 is 15.7 Å². The van der Waals surface area contributed by atoms with Crippen LogP contribution in [0.4, 0.5) is 13.2 Å². The SMILES string of the molecule is O=C1CNC(C(=O)NCC(O)C(F)(F)F)CN1. The molecule has 1 aliphatic heterocycles. The van der Waals surface area contributed by atoms with Crippen LogP contribution in [0.15, 0.2) is 0 Å². The number of carbonyl (C=O) groups excluding carboxylic acids is 2. The molecule has 0 radical (unpaired) electrons. The summed E-state index contributed by atoms with van der Waals surface area (Å²) in [4.78, 5) is 22.1. The van der Waals surface area contributed by atoms with Gasteiger partial charge in [0, 0.05) is 6.54 Å². The van der Waals surface area contributed by atoms with E-state index in [9.17, 15) is 22.8 Å². The van der Waals surface area contributed by atoms with E-state index >= 15 is 0 Å². The zero-order chi connectivity index (χ0) is 13.1. The lowest BCUT2D eigenvalue weighted by molar-refractivity contribution is -0.201. The Morgan fingerprint density at radius 3 is 2.71 bits per heavy atom. The number of carbonyl (C=O) groups is 2. The van der Waals surface area contributed by atoms with Crippen LogP contribution >= 0.6 is 0 Å². The summed E-state index contributed by atoms with van der Waals surface area (Å²) in [5, 5.41) is 15.5. The smallest absolute Gasteiger partial charge is 0.382 e. The Balaban J connectivity index is 2.32.